The zero-order chi connectivity index (χ0) is 17.8. The smallest absolute Gasteiger partial charge is 0.408 e. The summed E-state index contributed by atoms with van der Waals surface area (Å²) in [4.78, 5) is 12.1. The Morgan fingerprint density at radius 2 is 2.04 bits per heavy atom. The van der Waals surface area contributed by atoms with Gasteiger partial charge in [0.15, 0.2) is 11.5 Å². The number of carbonyl (C=O) groups excluding carboxylic acids is 1. The van der Waals surface area contributed by atoms with Crippen LogP contribution >= 0.6 is 15.9 Å². The number of methoxy groups -OCH3 is 1. The van der Waals surface area contributed by atoms with E-state index in [4.69, 9.17) is 9.47 Å². The third-order valence-electron chi connectivity index (χ3n) is 2.95. The van der Waals surface area contributed by atoms with Gasteiger partial charge in [0, 0.05) is 0 Å². The molecular formula is C17H24BrNO4. The fourth-order valence-electron chi connectivity index (χ4n) is 2.03. The van der Waals surface area contributed by atoms with Gasteiger partial charge in [0.25, 0.3) is 0 Å². The van der Waals surface area contributed by atoms with Gasteiger partial charge in [-0.05, 0) is 61.7 Å². The predicted octanol–water partition coefficient (Wildman–Crippen LogP) is 4.70. The Balaban J connectivity index is 3.10. The quantitative estimate of drug-likeness (QED) is 0.721. The van der Waals surface area contributed by atoms with E-state index in [0.717, 1.165) is 11.1 Å². The van der Waals surface area contributed by atoms with Crippen molar-refractivity contribution in [1.29, 1.82) is 0 Å². The molecular weight excluding hydrogens is 362 g/mol. The highest BCUT2D eigenvalue weighted by Crippen LogP contribution is 2.40. The average Bonchev–Trinajstić information content (AvgIpc) is 2.38. The van der Waals surface area contributed by atoms with Crippen molar-refractivity contribution < 1.29 is 19.4 Å². The molecule has 6 heteroatoms. The first-order chi connectivity index (χ1) is 10.5. The first-order valence-corrected chi connectivity index (χ1v) is 8.03. The van der Waals surface area contributed by atoms with Crippen molar-refractivity contribution in [2.45, 2.75) is 45.8 Å². The SMILES string of the molecule is C=C(C)C[C@@H](NC(=O)OC(C)(C)C)c1ccc(OC)c(O)c1Br. The van der Waals surface area contributed by atoms with E-state index >= 15 is 0 Å². The van der Waals surface area contributed by atoms with Crippen molar-refractivity contribution >= 4 is 22.0 Å². The maximum atomic E-state index is 12.1. The molecule has 1 aromatic carbocycles. The number of carbonyl (C=O) groups is 1. The number of halogens is 1. The van der Waals surface area contributed by atoms with E-state index in [1.807, 2.05) is 6.92 Å². The second-order valence-electron chi connectivity index (χ2n) is 6.38. The van der Waals surface area contributed by atoms with Gasteiger partial charge in [-0.25, -0.2) is 4.79 Å². The summed E-state index contributed by atoms with van der Waals surface area (Å²) >= 11 is 3.36. The molecule has 0 fully saturated rings. The molecule has 1 rings (SSSR count). The number of rotatable bonds is 5. The molecule has 0 bridgehead atoms. The van der Waals surface area contributed by atoms with Gasteiger partial charge in [-0.3, -0.25) is 0 Å². The zero-order valence-electron chi connectivity index (χ0n) is 14.2. The van der Waals surface area contributed by atoms with Crippen LogP contribution in [-0.4, -0.2) is 23.9 Å². The molecule has 1 aromatic rings. The molecule has 0 heterocycles. The van der Waals surface area contributed by atoms with E-state index in [2.05, 4.69) is 27.8 Å². The van der Waals surface area contributed by atoms with Crippen molar-refractivity contribution in [1.82, 2.24) is 5.32 Å². The number of hydrogen-bond acceptors (Lipinski definition) is 4. The summed E-state index contributed by atoms with van der Waals surface area (Å²) in [5, 5.41) is 13.0. The standard InChI is InChI=1S/C17H24BrNO4/c1-10(2)9-12(19-16(21)23-17(3,4)5)11-7-8-13(22-6)15(20)14(11)18/h7-8,12,20H,1,9H2,2-6H3,(H,19,21)/t12-/m1/s1. The number of phenolic OH excluding ortho intramolecular Hbond substituents is 1. The van der Waals surface area contributed by atoms with Gasteiger partial charge in [-0.1, -0.05) is 11.6 Å². The number of ether oxygens (including phenoxy) is 2. The molecule has 0 aliphatic rings. The Morgan fingerprint density at radius 3 is 2.52 bits per heavy atom. The molecule has 0 radical (unpaired) electrons. The Bertz CT molecular complexity index is 593. The molecule has 23 heavy (non-hydrogen) atoms. The fourth-order valence-corrected chi connectivity index (χ4v) is 2.64. The second-order valence-corrected chi connectivity index (χ2v) is 7.17. The van der Waals surface area contributed by atoms with Crippen LogP contribution in [0.1, 0.15) is 45.7 Å². The predicted molar refractivity (Wildman–Crippen MR) is 93.9 cm³/mol. The first-order valence-electron chi connectivity index (χ1n) is 7.24. The summed E-state index contributed by atoms with van der Waals surface area (Å²) in [6, 6.07) is 3.05. The van der Waals surface area contributed by atoms with E-state index in [0.29, 0.717) is 16.6 Å². The van der Waals surface area contributed by atoms with Crippen LogP contribution in [0.2, 0.25) is 0 Å². The van der Waals surface area contributed by atoms with Crippen LogP contribution in [0.25, 0.3) is 0 Å². The second kappa shape index (κ2) is 7.73. The van der Waals surface area contributed by atoms with Gasteiger partial charge in [0.1, 0.15) is 5.60 Å². The molecule has 0 aromatic heterocycles. The van der Waals surface area contributed by atoms with Crippen molar-refractivity contribution in [3.8, 4) is 11.5 Å². The topological polar surface area (TPSA) is 67.8 Å². The Morgan fingerprint density at radius 1 is 1.43 bits per heavy atom. The summed E-state index contributed by atoms with van der Waals surface area (Å²) in [6.07, 6.45) is -0.00479. The lowest BCUT2D eigenvalue weighted by Gasteiger charge is -2.25. The van der Waals surface area contributed by atoms with Crippen LogP contribution in [0.15, 0.2) is 28.8 Å². The van der Waals surface area contributed by atoms with E-state index in [1.54, 1.807) is 32.9 Å². The first kappa shape index (κ1) is 19.4. The van der Waals surface area contributed by atoms with Gasteiger partial charge >= 0.3 is 6.09 Å². The largest absolute Gasteiger partial charge is 0.503 e. The molecule has 1 amide bonds. The van der Waals surface area contributed by atoms with E-state index in [-0.39, 0.29) is 11.8 Å². The van der Waals surface area contributed by atoms with Gasteiger partial charge in [0.05, 0.1) is 17.6 Å². The van der Waals surface area contributed by atoms with Crippen molar-refractivity contribution in [3.63, 3.8) is 0 Å². The Hall–Kier alpha value is -1.69. The van der Waals surface area contributed by atoms with Crippen LogP contribution in [0.3, 0.4) is 0 Å². The molecule has 5 nitrogen and oxygen atoms in total. The van der Waals surface area contributed by atoms with E-state index in [1.165, 1.54) is 7.11 Å². The summed E-state index contributed by atoms with van der Waals surface area (Å²) in [7, 11) is 1.48. The molecule has 0 saturated heterocycles. The lowest BCUT2D eigenvalue weighted by molar-refractivity contribution is 0.0503. The maximum absolute atomic E-state index is 12.1. The third kappa shape index (κ3) is 5.78. The van der Waals surface area contributed by atoms with Crippen LogP contribution in [-0.2, 0) is 4.74 Å². The maximum Gasteiger partial charge on any atom is 0.408 e. The molecule has 0 aliphatic carbocycles. The Kier molecular flexibility index (Phi) is 6.50. The van der Waals surface area contributed by atoms with Gasteiger partial charge < -0.3 is 19.9 Å². The minimum Gasteiger partial charge on any atom is -0.503 e. The number of benzene rings is 1. The van der Waals surface area contributed by atoms with Crippen molar-refractivity contribution in [2.24, 2.45) is 0 Å². The molecule has 0 saturated carbocycles. The number of aromatic hydroxyl groups is 1. The van der Waals surface area contributed by atoms with Crippen molar-refractivity contribution in [2.75, 3.05) is 7.11 Å². The normalized spacial score (nSPS) is 12.4. The molecule has 0 aliphatic heterocycles. The number of alkyl carbamates (subject to hydrolysis) is 1. The summed E-state index contributed by atoms with van der Waals surface area (Å²) < 4.78 is 10.9. The van der Waals surface area contributed by atoms with E-state index in [9.17, 15) is 9.90 Å². The van der Waals surface area contributed by atoms with Gasteiger partial charge in [-0.2, -0.15) is 0 Å². The summed E-state index contributed by atoms with van der Waals surface area (Å²) in [5.74, 6) is 0.342. The number of nitrogens with one attached hydrogen (secondary N) is 1. The van der Waals surface area contributed by atoms with Crippen LogP contribution in [0.4, 0.5) is 4.79 Å². The molecule has 0 unspecified atom stereocenters. The van der Waals surface area contributed by atoms with E-state index < -0.39 is 11.7 Å². The fraction of sp³-hybridized carbons (Fsp3) is 0.471. The monoisotopic (exact) mass is 385 g/mol. The Labute approximate surface area is 145 Å². The highest BCUT2D eigenvalue weighted by Gasteiger charge is 2.24. The number of hydrogen-bond donors (Lipinski definition) is 2. The molecule has 2 N–H and O–H groups in total. The van der Waals surface area contributed by atoms with Gasteiger partial charge in [-0.15, -0.1) is 6.58 Å². The minimum absolute atomic E-state index is 0.0114. The highest BCUT2D eigenvalue weighted by molar-refractivity contribution is 9.10. The zero-order valence-corrected chi connectivity index (χ0v) is 15.8. The highest BCUT2D eigenvalue weighted by atomic mass is 79.9. The lowest BCUT2D eigenvalue weighted by atomic mass is 10.00. The summed E-state index contributed by atoms with van der Waals surface area (Å²) in [6.45, 7) is 11.2. The van der Waals surface area contributed by atoms with Crippen LogP contribution in [0.5, 0.6) is 11.5 Å². The molecule has 1 atom stereocenters. The van der Waals surface area contributed by atoms with Gasteiger partial charge in [0.2, 0.25) is 0 Å². The molecule has 128 valence electrons. The third-order valence-corrected chi connectivity index (χ3v) is 3.78. The number of phenols is 1. The number of amides is 1. The van der Waals surface area contributed by atoms with Crippen LogP contribution in [0, 0.1) is 0 Å². The molecule has 0 spiro atoms. The lowest BCUT2D eigenvalue weighted by Crippen LogP contribution is -2.35. The van der Waals surface area contributed by atoms with Crippen molar-refractivity contribution in [3.05, 3.63) is 34.3 Å². The minimum atomic E-state index is -0.586. The summed E-state index contributed by atoms with van der Waals surface area (Å²) in [5.41, 5.74) is 1.03. The van der Waals surface area contributed by atoms with Crippen LogP contribution < -0.4 is 10.1 Å². The average molecular weight is 386 g/mol.